The first-order valence-electron chi connectivity index (χ1n) is 8.87. The predicted molar refractivity (Wildman–Crippen MR) is 100 cm³/mol. The summed E-state index contributed by atoms with van der Waals surface area (Å²) in [4.78, 5) is 18.8. The van der Waals surface area contributed by atoms with Crippen molar-refractivity contribution >= 4 is 16.8 Å². The van der Waals surface area contributed by atoms with E-state index in [0.29, 0.717) is 5.82 Å². The second-order valence-corrected chi connectivity index (χ2v) is 6.26. The first-order chi connectivity index (χ1) is 12.2. The van der Waals surface area contributed by atoms with Crippen LogP contribution in [-0.2, 0) is 12.8 Å². The average molecular weight is 336 g/mol. The number of hydrogen-bond acceptors (Lipinski definition) is 3. The number of benzene rings is 2. The number of unbranched alkanes of at least 4 members (excludes halogenated alkanes) is 1. The minimum atomic E-state index is -0.0396. The molecule has 0 atom stereocenters. The second kappa shape index (κ2) is 7.97. The smallest absolute Gasteiger partial charge is 0.195 e. The third-order valence-electron chi connectivity index (χ3n) is 4.35. The highest BCUT2D eigenvalue weighted by Crippen LogP contribution is 2.19. The first kappa shape index (κ1) is 17.2. The molecule has 1 N–H and O–H groups in total. The quantitative estimate of drug-likeness (QED) is 0.478. The SMILES string of the molecule is CCc1ccccc1OCCCCc1ccc2nc(C(C)=O)[nH]c2c1. The van der Waals surface area contributed by atoms with Gasteiger partial charge in [-0.15, -0.1) is 0 Å². The first-order valence-corrected chi connectivity index (χ1v) is 8.87. The Balaban J connectivity index is 1.50. The van der Waals surface area contributed by atoms with Gasteiger partial charge in [-0.05, 0) is 55.0 Å². The zero-order valence-electron chi connectivity index (χ0n) is 14.8. The maximum absolute atomic E-state index is 11.4. The molecule has 4 nitrogen and oxygen atoms in total. The number of nitrogens with zero attached hydrogens (tertiary/aromatic N) is 1. The number of hydrogen-bond donors (Lipinski definition) is 1. The zero-order valence-corrected chi connectivity index (χ0v) is 14.8. The van der Waals surface area contributed by atoms with E-state index in [1.54, 1.807) is 0 Å². The van der Waals surface area contributed by atoms with E-state index in [2.05, 4.69) is 41.2 Å². The van der Waals surface area contributed by atoms with Crippen LogP contribution in [0.1, 0.15) is 48.4 Å². The van der Waals surface area contributed by atoms with E-state index in [9.17, 15) is 4.79 Å². The van der Waals surface area contributed by atoms with Gasteiger partial charge in [-0.2, -0.15) is 0 Å². The van der Waals surface area contributed by atoms with Crippen molar-refractivity contribution in [1.82, 2.24) is 9.97 Å². The minimum Gasteiger partial charge on any atom is -0.493 e. The number of aromatic amines is 1. The van der Waals surface area contributed by atoms with E-state index >= 15 is 0 Å². The summed E-state index contributed by atoms with van der Waals surface area (Å²) >= 11 is 0. The van der Waals surface area contributed by atoms with Crippen molar-refractivity contribution in [2.24, 2.45) is 0 Å². The van der Waals surface area contributed by atoms with E-state index in [1.165, 1.54) is 18.1 Å². The van der Waals surface area contributed by atoms with Crippen molar-refractivity contribution in [2.45, 2.75) is 39.5 Å². The van der Waals surface area contributed by atoms with E-state index in [1.807, 2.05) is 18.2 Å². The molecule has 1 heterocycles. The molecule has 0 unspecified atom stereocenters. The van der Waals surface area contributed by atoms with Gasteiger partial charge < -0.3 is 9.72 Å². The Kier molecular flexibility index (Phi) is 5.49. The van der Waals surface area contributed by atoms with Crippen LogP contribution in [0.2, 0.25) is 0 Å². The number of H-pyrrole nitrogens is 1. The van der Waals surface area contributed by atoms with Gasteiger partial charge in [0.25, 0.3) is 0 Å². The van der Waals surface area contributed by atoms with Gasteiger partial charge in [0, 0.05) is 6.92 Å². The normalized spacial score (nSPS) is 11.0. The topological polar surface area (TPSA) is 55.0 Å². The monoisotopic (exact) mass is 336 g/mol. The number of fused-ring (bicyclic) bond motifs is 1. The van der Waals surface area contributed by atoms with Gasteiger partial charge in [0.2, 0.25) is 0 Å². The number of ketones is 1. The fourth-order valence-corrected chi connectivity index (χ4v) is 2.93. The van der Waals surface area contributed by atoms with Crippen LogP contribution in [-0.4, -0.2) is 22.4 Å². The van der Waals surface area contributed by atoms with Crippen LogP contribution in [0.3, 0.4) is 0 Å². The van der Waals surface area contributed by atoms with Crippen LogP contribution in [0.5, 0.6) is 5.75 Å². The van der Waals surface area contributed by atoms with Crippen LogP contribution in [0.15, 0.2) is 42.5 Å². The number of ether oxygens (including phenoxy) is 1. The number of para-hydroxylation sites is 1. The number of carbonyl (C=O) groups is 1. The Morgan fingerprint density at radius 1 is 1.16 bits per heavy atom. The van der Waals surface area contributed by atoms with Crippen molar-refractivity contribution in [3.05, 3.63) is 59.4 Å². The van der Waals surface area contributed by atoms with E-state index < -0.39 is 0 Å². The van der Waals surface area contributed by atoms with Gasteiger partial charge in [0.15, 0.2) is 11.6 Å². The average Bonchev–Trinajstić information content (AvgIpc) is 3.05. The van der Waals surface area contributed by atoms with Crippen LogP contribution in [0.25, 0.3) is 11.0 Å². The molecule has 0 saturated heterocycles. The number of rotatable bonds is 8. The van der Waals surface area contributed by atoms with Crippen molar-refractivity contribution in [1.29, 1.82) is 0 Å². The van der Waals surface area contributed by atoms with Crippen LogP contribution < -0.4 is 4.74 Å². The molecule has 130 valence electrons. The lowest BCUT2D eigenvalue weighted by Crippen LogP contribution is -2.00. The molecule has 0 saturated carbocycles. The summed E-state index contributed by atoms with van der Waals surface area (Å²) < 4.78 is 5.91. The molecule has 0 aliphatic rings. The highest BCUT2D eigenvalue weighted by Gasteiger charge is 2.07. The van der Waals surface area contributed by atoms with Crippen molar-refractivity contribution in [3.63, 3.8) is 0 Å². The molecule has 0 fully saturated rings. The molecule has 4 heteroatoms. The summed E-state index contributed by atoms with van der Waals surface area (Å²) in [5, 5.41) is 0. The van der Waals surface area contributed by atoms with Crippen LogP contribution >= 0.6 is 0 Å². The molecule has 3 rings (SSSR count). The molecule has 0 aliphatic heterocycles. The lowest BCUT2D eigenvalue weighted by Gasteiger charge is -2.10. The summed E-state index contributed by atoms with van der Waals surface area (Å²) in [6, 6.07) is 14.4. The van der Waals surface area contributed by atoms with Crippen molar-refractivity contribution < 1.29 is 9.53 Å². The fraction of sp³-hybridized carbons (Fsp3) is 0.333. The number of aryl methyl sites for hydroxylation is 2. The number of Topliss-reactive ketones (excluding diaryl/α,β-unsaturated/α-hetero) is 1. The summed E-state index contributed by atoms with van der Waals surface area (Å²) in [5.74, 6) is 1.39. The van der Waals surface area contributed by atoms with Crippen molar-refractivity contribution in [3.8, 4) is 5.75 Å². The van der Waals surface area contributed by atoms with E-state index in [4.69, 9.17) is 4.74 Å². The maximum atomic E-state index is 11.4. The van der Waals surface area contributed by atoms with Gasteiger partial charge in [0.05, 0.1) is 17.6 Å². The number of aromatic nitrogens is 2. The number of nitrogens with one attached hydrogen (secondary N) is 1. The molecule has 0 amide bonds. The predicted octanol–water partition coefficient (Wildman–Crippen LogP) is 4.73. The highest BCUT2D eigenvalue weighted by atomic mass is 16.5. The number of carbonyl (C=O) groups excluding carboxylic acids is 1. The Morgan fingerprint density at radius 3 is 2.80 bits per heavy atom. The Morgan fingerprint density at radius 2 is 2.00 bits per heavy atom. The lowest BCUT2D eigenvalue weighted by molar-refractivity contribution is 0.100. The van der Waals surface area contributed by atoms with Crippen LogP contribution in [0.4, 0.5) is 0 Å². The minimum absolute atomic E-state index is 0.0396. The fourth-order valence-electron chi connectivity index (χ4n) is 2.93. The highest BCUT2D eigenvalue weighted by molar-refractivity contribution is 5.94. The zero-order chi connectivity index (χ0) is 17.6. The van der Waals surface area contributed by atoms with Gasteiger partial charge in [-0.1, -0.05) is 31.2 Å². The van der Waals surface area contributed by atoms with Crippen LogP contribution in [0, 0.1) is 0 Å². The third kappa shape index (κ3) is 4.27. The standard InChI is InChI=1S/C21H24N2O2/c1-3-17-9-4-5-10-20(17)25-13-7-6-8-16-11-12-18-19(14-16)23-21(22-18)15(2)24/h4-5,9-12,14H,3,6-8,13H2,1-2H3,(H,22,23). The molecule has 3 aromatic rings. The molecule has 0 bridgehead atoms. The molecule has 0 radical (unpaired) electrons. The van der Waals surface area contributed by atoms with E-state index in [0.717, 1.165) is 49.1 Å². The molecular formula is C21H24N2O2. The Labute approximate surface area is 148 Å². The summed E-state index contributed by atoms with van der Waals surface area (Å²) in [6.07, 6.45) is 4.05. The van der Waals surface area contributed by atoms with Gasteiger partial charge in [-0.3, -0.25) is 4.79 Å². The van der Waals surface area contributed by atoms with Gasteiger partial charge in [0.1, 0.15) is 5.75 Å². The van der Waals surface area contributed by atoms with Gasteiger partial charge in [-0.25, -0.2) is 4.98 Å². The number of imidazole rings is 1. The summed E-state index contributed by atoms with van der Waals surface area (Å²) in [5.41, 5.74) is 4.28. The van der Waals surface area contributed by atoms with Gasteiger partial charge >= 0.3 is 0 Å². The molecule has 0 spiro atoms. The Bertz CT molecular complexity index is 867. The summed E-state index contributed by atoms with van der Waals surface area (Å²) in [6.45, 7) is 4.40. The van der Waals surface area contributed by atoms with E-state index in [-0.39, 0.29) is 5.78 Å². The molecule has 2 aromatic carbocycles. The second-order valence-electron chi connectivity index (χ2n) is 6.26. The van der Waals surface area contributed by atoms with Crippen molar-refractivity contribution in [2.75, 3.05) is 6.61 Å². The molecule has 25 heavy (non-hydrogen) atoms. The molecular weight excluding hydrogens is 312 g/mol. The summed E-state index contributed by atoms with van der Waals surface area (Å²) in [7, 11) is 0. The Hall–Kier alpha value is -2.62. The lowest BCUT2D eigenvalue weighted by atomic mass is 10.1. The third-order valence-corrected chi connectivity index (χ3v) is 4.35. The maximum Gasteiger partial charge on any atom is 0.195 e. The largest absolute Gasteiger partial charge is 0.493 e. The molecule has 1 aromatic heterocycles. The molecule has 0 aliphatic carbocycles.